The summed E-state index contributed by atoms with van der Waals surface area (Å²) in [5.41, 5.74) is 3.10. The highest BCUT2D eigenvalue weighted by molar-refractivity contribution is 6.30. The number of ether oxygens (including phenoxy) is 1. The van der Waals surface area contributed by atoms with Gasteiger partial charge in [0.25, 0.3) is 0 Å². The zero-order valence-electron chi connectivity index (χ0n) is 21.7. The Kier molecular flexibility index (Phi) is 7.30. The van der Waals surface area contributed by atoms with E-state index < -0.39 is 5.76 Å². The SMILES string of the molecule is C[C@H]1CC[C@H](Cn2c(CCC3CCOCC3)nc3nc(-c4noc(=O)[nH]4)nc(-c4cccc(Cl)c4)c32)CC1. The van der Waals surface area contributed by atoms with Crippen LogP contribution in [0.4, 0.5) is 0 Å². The molecule has 4 aromatic rings. The Labute approximate surface area is 226 Å². The van der Waals surface area contributed by atoms with Gasteiger partial charge in [-0.1, -0.05) is 48.7 Å². The smallest absolute Gasteiger partial charge is 0.381 e. The lowest BCUT2D eigenvalue weighted by atomic mass is 9.83. The highest BCUT2D eigenvalue weighted by atomic mass is 35.5. The summed E-state index contributed by atoms with van der Waals surface area (Å²) < 4.78 is 12.7. The highest BCUT2D eigenvalue weighted by Crippen LogP contribution is 2.35. The molecule has 38 heavy (non-hydrogen) atoms. The Balaban J connectivity index is 1.48. The normalized spacial score (nSPS) is 20.8. The van der Waals surface area contributed by atoms with E-state index in [1.54, 1.807) is 0 Å². The molecule has 6 rings (SSSR count). The third kappa shape index (κ3) is 5.40. The van der Waals surface area contributed by atoms with E-state index in [1.807, 2.05) is 24.3 Å². The average Bonchev–Trinajstić information content (AvgIpc) is 3.52. The van der Waals surface area contributed by atoms with Gasteiger partial charge < -0.3 is 9.30 Å². The number of benzene rings is 1. The van der Waals surface area contributed by atoms with Crippen LogP contribution in [0.1, 0.15) is 57.7 Å². The molecule has 0 spiro atoms. The van der Waals surface area contributed by atoms with Crippen molar-refractivity contribution in [2.75, 3.05) is 13.2 Å². The van der Waals surface area contributed by atoms with Crippen molar-refractivity contribution in [2.45, 2.75) is 64.8 Å². The van der Waals surface area contributed by atoms with Crippen LogP contribution >= 0.6 is 11.6 Å². The molecule has 1 aliphatic heterocycles. The number of nitrogens with one attached hydrogen (secondary N) is 1. The third-order valence-corrected chi connectivity index (χ3v) is 8.36. The molecule has 1 N–H and O–H groups in total. The average molecular weight is 537 g/mol. The van der Waals surface area contributed by atoms with Crippen molar-refractivity contribution in [3.63, 3.8) is 0 Å². The van der Waals surface area contributed by atoms with E-state index in [0.29, 0.717) is 22.5 Å². The van der Waals surface area contributed by atoms with Crippen molar-refractivity contribution in [1.29, 1.82) is 0 Å². The van der Waals surface area contributed by atoms with Gasteiger partial charge in [-0.05, 0) is 62.0 Å². The maximum atomic E-state index is 11.7. The molecule has 0 bridgehead atoms. The van der Waals surface area contributed by atoms with Gasteiger partial charge in [-0.25, -0.2) is 19.7 Å². The van der Waals surface area contributed by atoms with Crippen molar-refractivity contribution in [3.8, 4) is 22.9 Å². The summed E-state index contributed by atoms with van der Waals surface area (Å²) in [5, 5.41) is 4.45. The highest BCUT2D eigenvalue weighted by Gasteiger charge is 2.26. The van der Waals surface area contributed by atoms with Gasteiger partial charge in [-0.2, -0.15) is 0 Å². The summed E-state index contributed by atoms with van der Waals surface area (Å²) >= 11 is 6.41. The van der Waals surface area contributed by atoms with Crippen LogP contribution < -0.4 is 5.76 Å². The zero-order valence-corrected chi connectivity index (χ0v) is 22.4. The van der Waals surface area contributed by atoms with Crippen molar-refractivity contribution in [2.24, 2.45) is 17.8 Å². The molecule has 2 aliphatic rings. The van der Waals surface area contributed by atoms with Crippen LogP contribution in [0.3, 0.4) is 0 Å². The Morgan fingerprint density at radius 2 is 1.87 bits per heavy atom. The van der Waals surface area contributed by atoms with Gasteiger partial charge in [0, 0.05) is 36.8 Å². The fraction of sp³-hybridized carbons (Fsp3) is 0.536. The number of H-pyrrole nitrogens is 1. The lowest BCUT2D eigenvalue weighted by Gasteiger charge is -2.27. The van der Waals surface area contributed by atoms with E-state index in [2.05, 4.69) is 21.6 Å². The Morgan fingerprint density at radius 1 is 1.05 bits per heavy atom. The first-order chi connectivity index (χ1) is 18.5. The van der Waals surface area contributed by atoms with Gasteiger partial charge in [-0.15, -0.1) is 0 Å². The van der Waals surface area contributed by atoms with E-state index >= 15 is 0 Å². The quantitative estimate of drug-likeness (QED) is 0.323. The maximum absolute atomic E-state index is 11.7. The topological polar surface area (TPSA) is 112 Å². The number of aromatic nitrogens is 6. The summed E-state index contributed by atoms with van der Waals surface area (Å²) in [4.78, 5) is 29.0. The van der Waals surface area contributed by atoms with Crippen LogP contribution in [0.2, 0.25) is 5.02 Å². The molecular formula is C28H33ClN6O3. The molecule has 9 nitrogen and oxygen atoms in total. The van der Waals surface area contributed by atoms with Crippen LogP contribution in [-0.4, -0.2) is 42.9 Å². The van der Waals surface area contributed by atoms with Crippen LogP contribution in [0, 0.1) is 17.8 Å². The number of hydrogen-bond donors (Lipinski definition) is 1. The van der Waals surface area contributed by atoms with Crippen LogP contribution in [-0.2, 0) is 17.7 Å². The van der Waals surface area contributed by atoms with Gasteiger partial charge in [0.15, 0.2) is 5.65 Å². The fourth-order valence-corrected chi connectivity index (χ4v) is 6.07. The van der Waals surface area contributed by atoms with Crippen molar-refractivity contribution >= 4 is 22.8 Å². The Hall–Kier alpha value is -3.04. The molecule has 1 saturated carbocycles. The Bertz CT molecular complexity index is 1460. The summed E-state index contributed by atoms with van der Waals surface area (Å²) in [6.07, 6.45) is 9.08. The molecule has 1 aromatic carbocycles. The molecule has 10 heteroatoms. The minimum Gasteiger partial charge on any atom is -0.381 e. The second-order valence-electron chi connectivity index (χ2n) is 10.9. The number of hydrogen-bond acceptors (Lipinski definition) is 7. The van der Waals surface area contributed by atoms with Gasteiger partial charge in [0.1, 0.15) is 17.0 Å². The molecule has 0 unspecified atom stereocenters. The number of halogens is 1. The molecule has 1 aliphatic carbocycles. The van der Waals surface area contributed by atoms with Crippen LogP contribution in [0.5, 0.6) is 0 Å². The van der Waals surface area contributed by atoms with Crippen molar-refractivity contribution in [1.82, 2.24) is 29.7 Å². The van der Waals surface area contributed by atoms with Crippen LogP contribution in [0.25, 0.3) is 34.1 Å². The molecule has 0 atom stereocenters. The van der Waals surface area contributed by atoms with Crippen LogP contribution in [0.15, 0.2) is 33.6 Å². The molecule has 0 amide bonds. The van der Waals surface area contributed by atoms with E-state index in [4.69, 9.17) is 35.8 Å². The predicted molar refractivity (Wildman–Crippen MR) is 145 cm³/mol. The van der Waals surface area contributed by atoms with E-state index in [9.17, 15) is 4.79 Å². The summed E-state index contributed by atoms with van der Waals surface area (Å²) in [6.45, 7) is 4.92. The monoisotopic (exact) mass is 536 g/mol. The lowest BCUT2D eigenvalue weighted by molar-refractivity contribution is 0.0638. The first kappa shape index (κ1) is 25.2. The van der Waals surface area contributed by atoms with Gasteiger partial charge >= 0.3 is 5.76 Å². The molecule has 2 fully saturated rings. The minimum atomic E-state index is -0.651. The number of fused-ring (bicyclic) bond motifs is 1. The number of aromatic amines is 1. The second kappa shape index (κ2) is 11.0. The lowest BCUT2D eigenvalue weighted by Crippen LogP contribution is -2.20. The Morgan fingerprint density at radius 3 is 2.61 bits per heavy atom. The maximum Gasteiger partial charge on any atom is 0.439 e. The molecule has 4 heterocycles. The standard InChI is InChI=1S/C28H33ClN6O3/c1-17-5-7-19(8-6-17)16-35-22(10-9-18-11-13-37-14-12-18)30-25-24(35)23(20-3-2-4-21(29)15-20)31-26(32-25)27-33-28(36)38-34-27/h2-4,15,17-19H,5-14,16H2,1H3,(H,33,34,36)/t17-,19-. The number of imidazole rings is 1. The molecule has 1 saturated heterocycles. The number of aryl methyl sites for hydroxylation is 1. The minimum absolute atomic E-state index is 0.180. The van der Waals surface area contributed by atoms with Gasteiger partial charge in [0.2, 0.25) is 11.6 Å². The second-order valence-corrected chi connectivity index (χ2v) is 11.3. The van der Waals surface area contributed by atoms with Gasteiger partial charge in [0.05, 0.1) is 0 Å². The fourth-order valence-electron chi connectivity index (χ4n) is 5.88. The van der Waals surface area contributed by atoms with E-state index in [0.717, 1.165) is 74.0 Å². The first-order valence-corrected chi connectivity index (χ1v) is 14.1. The first-order valence-electron chi connectivity index (χ1n) is 13.7. The summed E-state index contributed by atoms with van der Waals surface area (Å²) in [7, 11) is 0. The number of rotatable bonds is 7. The van der Waals surface area contributed by atoms with Crippen molar-refractivity contribution < 1.29 is 9.26 Å². The van der Waals surface area contributed by atoms with E-state index in [-0.39, 0.29) is 11.6 Å². The summed E-state index contributed by atoms with van der Waals surface area (Å²) in [6, 6.07) is 7.65. The largest absolute Gasteiger partial charge is 0.439 e. The predicted octanol–water partition coefficient (Wildman–Crippen LogP) is 5.68. The zero-order chi connectivity index (χ0) is 26.1. The molecule has 3 aromatic heterocycles. The number of nitrogens with zero attached hydrogens (tertiary/aromatic N) is 5. The summed E-state index contributed by atoms with van der Waals surface area (Å²) in [5.74, 6) is 2.85. The van der Waals surface area contributed by atoms with E-state index in [1.165, 1.54) is 25.7 Å². The van der Waals surface area contributed by atoms with Gasteiger partial charge in [-0.3, -0.25) is 9.51 Å². The molecular weight excluding hydrogens is 504 g/mol. The molecule has 200 valence electrons. The van der Waals surface area contributed by atoms with Crippen molar-refractivity contribution in [3.05, 3.63) is 45.7 Å². The molecule has 0 radical (unpaired) electrons. The third-order valence-electron chi connectivity index (χ3n) is 8.13.